The van der Waals surface area contributed by atoms with E-state index in [0.29, 0.717) is 46.7 Å². The quantitative estimate of drug-likeness (QED) is 0.287. The highest BCUT2D eigenvalue weighted by Crippen LogP contribution is 2.43. The third-order valence-corrected chi connectivity index (χ3v) is 7.49. The van der Waals surface area contributed by atoms with Crippen LogP contribution in [0.2, 0.25) is 0 Å². The number of rotatable bonds is 10. The van der Waals surface area contributed by atoms with Gasteiger partial charge in [-0.15, -0.1) is 0 Å². The van der Waals surface area contributed by atoms with Crippen LogP contribution in [0.4, 0.5) is 8.78 Å². The van der Waals surface area contributed by atoms with Crippen LogP contribution in [0, 0.1) is 11.6 Å². The van der Waals surface area contributed by atoms with E-state index in [2.05, 4.69) is 4.74 Å². The normalized spacial score (nSPS) is 15.3. The summed E-state index contributed by atoms with van der Waals surface area (Å²) < 4.78 is 34.6. The average Bonchev–Trinajstić information content (AvgIpc) is 3.32. The van der Waals surface area contributed by atoms with Gasteiger partial charge in [0.15, 0.2) is 0 Å². The van der Waals surface area contributed by atoms with Gasteiger partial charge in [-0.1, -0.05) is 30.3 Å². The molecule has 1 fully saturated rings. The number of piperidine rings is 1. The first-order chi connectivity index (χ1) is 20.1. The molecule has 0 bridgehead atoms. The van der Waals surface area contributed by atoms with E-state index in [0.717, 1.165) is 19.3 Å². The highest BCUT2D eigenvalue weighted by molar-refractivity contribution is 6.06. The van der Waals surface area contributed by atoms with Crippen molar-refractivity contribution in [1.29, 1.82) is 0 Å². The van der Waals surface area contributed by atoms with E-state index in [1.807, 2.05) is 23.3 Å². The molecule has 7 nitrogen and oxygen atoms in total. The largest absolute Gasteiger partial charge is 0.469 e. The number of ether oxygens (including phenoxy) is 1. The third-order valence-electron chi connectivity index (χ3n) is 7.49. The smallest absolute Gasteiger partial charge is 0.308 e. The summed E-state index contributed by atoms with van der Waals surface area (Å²) in [5.41, 5.74) is 3.51. The maximum absolute atomic E-state index is 14.3. The van der Waals surface area contributed by atoms with Gasteiger partial charge in [0, 0.05) is 42.4 Å². The Balaban J connectivity index is 1.94. The molecule has 42 heavy (non-hydrogen) atoms. The van der Waals surface area contributed by atoms with E-state index in [-0.39, 0.29) is 24.8 Å². The molecule has 224 valence electrons. The number of carbonyl (C=O) groups excluding carboxylic acids is 2. The molecular weight excluding hydrogens is 542 g/mol. The van der Waals surface area contributed by atoms with Gasteiger partial charge in [-0.3, -0.25) is 9.59 Å². The van der Waals surface area contributed by atoms with E-state index < -0.39 is 29.8 Å². The SMILES string of the molecule is COC(=O)CC(O)CC(O)C=Cc1c(-c2ccc(F)cc2)c(-c2ccc(F)cc2)c(C(=O)N2CCCCC2)n1C(C)C. The monoisotopic (exact) mass is 580 g/mol. The summed E-state index contributed by atoms with van der Waals surface area (Å²) in [6.07, 6.45) is 3.45. The number of methoxy groups -OCH3 is 1. The van der Waals surface area contributed by atoms with Crippen LogP contribution in [0.3, 0.4) is 0 Å². The summed E-state index contributed by atoms with van der Waals surface area (Å²) in [5, 5.41) is 21.0. The van der Waals surface area contributed by atoms with E-state index >= 15 is 0 Å². The Morgan fingerprint density at radius 1 is 0.905 bits per heavy atom. The molecule has 0 saturated carbocycles. The lowest BCUT2D eigenvalue weighted by Gasteiger charge is -2.28. The lowest BCUT2D eigenvalue weighted by molar-refractivity contribution is -0.143. The van der Waals surface area contributed by atoms with Gasteiger partial charge in [0.25, 0.3) is 5.91 Å². The number of hydrogen-bond donors (Lipinski definition) is 2. The Morgan fingerprint density at radius 2 is 1.45 bits per heavy atom. The zero-order valence-corrected chi connectivity index (χ0v) is 24.2. The first kappa shape index (κ1) is 31.1. The van der Waals surface area contributed by atoms with Crippen molar-refractivity contribution in [1.82, 2.24) is 9.47 Å². The molecule has 2 unspecified atom stereocenters. The van der Waals surface area contributed by atoms with Crippen molar-refractivity contribution in [2.45, 2.75) is 64.2 Å². The second kappa shape index (κ2) is 13.9. The minimum atomic E-state index is -1.11. The molecule has 1 aliphatic rings. The molecule has 1 saturated heterocycles. The van der Waals surface area contributed by atoms with Crippen molar-refractivity contribution in [3.63, 3.8) is 0 Å². The Morgan fingerprint density at radius 3 is 1.98 bits per heavy atom. The summed E-state index contributed by atoms with van der Waals surface area (Å²) in [6.45, 7) is 5.14. The fourth-order valence-electron chi connectivity index (χ4n) is 5.49. The number of aliphatic hydroxyl groups excluding tert-OH is 2. The zero-order valence-electron chi connectivity index (χ0n) is 24.2. The van der Waals surface area contributed by atoms with Crippen LogP contribution >= 0.6 is 0 Å². The van der Waals surface area contributed by atoms with E-state index in [9.17, 15) is 28.6 Å². The lowest BCUT2D eigenvalue weighted by Crippen LogP contribution is -2.37. The zero-order chi connectivity index (χ0) is 30.4. The van der Waals surface area contributed by atoms with Crippen LogP contribution in [0.15, 0.2) is 54.6 Å². The molecule has 0 aliphatic carbocycles. The van der Waals surface area contributed by atoms with Crippen LogP contribution in [0.25, 0.3) is 28.3 Å². The lowest BCUT2D eigenvalue weighted by atomic mass is 9.94. The molecule has 2 heterocycles. The van der Waals surface area contributed by atoms with Gasteiger partial charge in [-0.05, 0) is 74.6 Å². The number of esters is 1. The standard InChI is InChI=1S/C33H38F2N2O5/c1-21(2)37-28(16-15-26(38)19-27(39)20-29(40)42-3)30(22-7-11-24(34)12-8-22)31(23-9-13-25(35)14-10-23)32(37)33(41)36-17-5-4-6-18-36/h7-16,21,26-27,38-39H,4-6,17-20H2,1-3H3. The average molecular weight is 581 g/mol. The van der Waals surface area contributed by atoms with Crippen LogP contribution in [-0.2, 0) is 9.53 Å². The highest BCUT2D eigenvalue weighted by Gasteiger charge is 2.32. The van der Waals surface area contributed by atoms with Crippen LogP contribution < -0.4 is 0 Å². The molecule has 9 heteroatoms. The first-order valence-corrected chi connectivity index (χ1v) is 14.3. The van der Waals surface area contributed by atoms with Crippen molar-refractivity contribution in [2.75, 3.05) is 20.2 Å². The van der Waals surface area contributed by atoms with Gasteiger partial charge < -0.3 is 24.4 Å². The Hall–Kier alpha value is -3.82. The predicted octanol–water partition coefficient (Wildman–Crippen LogP) is 6.00. The van der Waals surface area contributed by atoms with E-state index in [4.69, 9.17) is 0 Å². The molecular formula is C33H38F2N2O5. The number of halogens is 2. The second-order valence-corrected chi connectivity index (χ2v) is 10.9. The molecule has 4 rings (SSSR count). The summed E-state index contributed by atoms with van der Waals surface area (Å²) >= 11 is 0. The van der Waals surface area contributed by atoms with Crippen molar-refractivity contribution >= 4 is 18.0 Å². The fourth-order valence-corrected chi connectivity index (χ4v) is 5.49. The molecule has 1 aliphatic heterocycles. The minimum Gasteiger partial charge on any atom is -0.469 e. The Bertz CT molecular complexity index is 1410. The van der Waals surface area contributed by atoms with E-state index in [1.54, 1.807) is 30.3 Å². The molecule has 1 amide bonds. The van der Waals surface area contributed by atoms with E-state index in [1.165, 1.54) is 37.5 Å². The van der Waals surface area contributed by atoms with Gasteiger partial charge in [-0.2, -0.15) is 0 Å². The predicted molar refractivity (Wildman–Crippen MR) is 158 cm³/mol. The third kappa shape index (κ3) is 7.14. The van der Waals surface area contributed by atoms with Crippen molar-refractivity contribution in [3.05, 3.63) is 77.6 Å². The molecule has 2 atom stereocenters. The van der Waals surface area contributed by atoms with Gasteiger partial charge >= 0.3 is 5.97 Å². The topological polar surface area (TPSA) is 92.0 Å². The number of hydrogen-bond acceptors (Lipinski definition) is 5. The van der Waals surface area contributed by atoms with Gasteiger partial charge in [0.2, 0.25) is 0 Å². The number of nitrogens with zero attached hydrogens (tertiary/aromatic N) is 2. The summed E-state index contributed by atoms with van der Waals surface area (Å²) in [5.74, 6) is -1.57. The summed E-state index contributed by atoms with van der Waals surface area (Å²) in [7, 11) is 1.23. The van der Waals surface area contributed by atoms with Crippen LogP contribution in [-0.4, -0.2) is 64.0 Å². The minimum absolute atomic E-state index is 0.107. The Kier molecular flexibility index (Phi) is 10.3. The van der Waals surface area contributed by atoms with Crippen molar-refractivity contribution < 1.29 is 33.3 Å². The number of aliphatic hydroxyl groups is 2. The Labute approximate surface area is 245 Å². The summed E-state index contributed by atoms with van der Waals surface area (Å²) in [4.78, 5) is 27.7. The molecule has 2 N–H and O–H groups in total. The molecule has 3 aromatic rings. The second-order valence-electron chi connectivity index (χ2n) is 10.9. The molecule has 1 aromatic heterocycles. The highest BCUT2D eigenvalue weighted by atomic mass is 19.1. The number of aromatic nitrogens is 1. The fraction of sp³-hybridized carbons (Fsp3) is 0.394. The molecule has 2 aromatic carbocycles. The number of carbonyl (C=O) groups is 2. The maximum Gasteiger partial charge on any atom is 0.308 e. The number of likely N-dealkylation sites (tertiary alicyclic amines) is 1. The van der Waals surface area contributed by atoms with Crippen LogP contribution in [0.1, 0.15) is 68.2 Å². The van der Waals surface area contributed by atoms with Crippen molar-refractivity contribution in [2.24, 2.45) is 0 Å². The van der Waals surface area contributed by atoms with Gasteiger partial charge in [-0.25, -0.2) is 8.78 Å². The number of benzene rings is 2. The maximum atomic E-state index is 14.3. The molecule has 0 spiro atoms. The van der Waals surface area contributed by atoms with Crippen LogP contribution in [0.5, 0.6) is 0 Å². The number of amides is 1. The summed E-state index contributed by atoms with van der Waals surface area (Å²) in [6, 6.07) is 11.7. The van der Waals surface area contributed by atoms with Gasteiger partial charge in [0.05, 0.1) is 25.7 Å². The van der Waals surface area contributed by atoms with Crippen molar-refractivity contribution in [3.8, 4) is 22.3 Å². The molecule has 0 radical (unpaired) electrons. The van der Waals surface area contributed by atoms with Gasteiger partial charge in [0.1, 0.15) is 17.3 Å². The first-order valence-electron chi connectivity index (χ1n) is 14.3.